The number of nitrogens with two attached hydrogens (primary N) is 1. The van der Waals surface area contributed by atoms with Crippen molar-refractivity contribution in [2.75, 3.05) is 6.54 Å². The second-order valence-electron chi connectivity index (χ2n) is 3.68. The Morgan fingerprint density at radius 1 is 1.29 bits per heavy atom. The SMILES string of the molecule is NCCc1c(C(F)(F)F)[nH]c2c(Cl)cccc12. The fraction of sp³-hybridized carbons (Fsp3) is 0.273. The molecule has 1 aromatic carbocycles. The van der Waals surface area contributed by atoms with Gasteiger partial charge < -0.3 is 10.7 Å². The lowest BCUT2D eigenvalue weighted by Gasteiger charge is -2.07. The number of aromatic nitrogens is 1. The molecule has 0 aliphatic heterocycles. The maximum atomic E-state index is 12.8. The molecule has 0 fully saturated rings. The predicted molar refractivity (Wildman–Crippen MR) is 61.1 cm³/mol. The quantitative estimate of drug-likeness (QED) is 0.856. The van der Waals surface area contributed by atoms with Crippen LogP contribution in [0.15, 0.2) is 18.2 Å². The van der Waals surface area contributed by atoms with E-state index >= 15 is 0 Å². The number of nitrogens with one attached hydrogen (secondary N) is 1. The highest BCUT2D eigenvalue weighted by Crippen LogP contribution is 2.37. The number of hydrogen-bond acceptors (Lipinski definition) is 1. The summed E-state index contributed by atoms with van der Waals surface area (Å²) in [6, 6.07) is 4.78. The Balaban J connectivity index is 2.75. The van der Waals surface area contributed by atoms with Crippen molar-refractivity contribution >= 4 is 22.5 Å². The largest absolute Gasteiger partial charge is 0.431 e. The highest BCUT2D eigenvalue weighted by atomic mass is 35.5. The van der Waals surface area contributed by atoms with Crippen molar-refractivity contribution in [1.29, 1.82) is 0 Å². The molecule has 0 spiro atoms. The molecule has 92 valence electrons. The molecule has 0 aliphatic rings. The molecule has 2 aromatic rings. The van der Waals surface area contributed by atoms with Gasteiger partial charge in [-0.1, -0.05) is 23.7 Å². The van der Waals surface area contributed by atoms with Crippen LogP contribution < -0.4 is 5.73 Å². The summed E-state index contributed by atoms with van der Waals surface area (Å²) in [5.74, 6) is 0. The Hall–Kier alpha value is -1.20. The average molecular weight is 263 g/mol. The van der Waals surface area contributed by atoms with Gasteiger partial charge in [-0.15, -0.1) is 0 Å². The van der Waals surface area contributed by atoms with Crippen molar-refractivity contribution in [2.24, 2.45) is 5.73 Å². The monoisotopic (exact) mass is 262 g/mol. The Labute approximate surface area is 101 Å². The standard InChI is InChI=1S/C11H10ClF3N2/c12-8-3-1-2-6-7(4-5-16)10(11(13,14)15)17-9(6)8/h1-3,17H,4-5,16H2. The maximum absolute atomic E-state index is 12.8. The van der Waals surface area contributed by atoms with E-state index in [0.717, 1.165) is 0 Å². The van der Waals surface area contributed by atoms with Crippen molar-refractivity contribution in [1.82, 2.24) is 4.98 Å². The van der Waals surface area contributed by atoms with Crippen LogP contribution in [-0.2, 0) is 12.6 Å². The lowest BCUT2D eigenvalue weighted by atomic mass is 10.1. The molecule has 2 rings (SSSR count). The van der Waals surface area contributed by atoms with Crippen LogP contribution in [0.2, 0.25) is 5.02 Å². The minimum Gasteiger partial charge on any atom is -0.350 e. The van der Waals surface area contributed by atoms with Gasteiger partial charge in [-0.05, 0) is 24.6 Å². The molecule has 0 radical (unpaired) electrons. The highest BCUT2D eigenvalue weighted by Gasteiger charge is 2.36. The van der Waals surface area contributed by atoms with Crippen LogP contribution in [0, 0.1) is 0 Å². The second-order valence-corrected chi connectivity index (χ2v) is 4.08. The number of fused-ring (bicyclic) bond motifs is 1. The number of aromatic amines is 1. The summed E-state index contributed by atoms with van der Waals surface area (Å²) in [6.07, 6.45) is -4.26. The molecule has 2 nitrogen and oxygen atoms in total. The number of halogens is 4. The van der Waals surface area contributed by atoms with Crippen LogP contribution in [0.3, 0.4) is 0 Å². The summed E-state index contributed by atoms with van der Waals surface area (Å²) in [7, 11) is 0. The molecule has 0 aliphatic carbocycles. The summed E-state index contributed by atoms with van der Waals surface area (Å²) in [6.45, 7) is 0.155. The summed E-state index contributed by atoms with van der Waals surface area (Å²) in [5, 5.41) is 0.756. The number of para-hydroxylation sites is 1. The zero-order valence-electron chi connectivity index (χ0n) is 8.74. The van der Waals surface area contributed by atoms with Crippen LogP contribution >= 0.6 is 11.6 Å². The molecule has 3 N–H and O–H groups in total. The number of hydrogen-bond donors (Lipinski definition) is 2. The first-order chi connectivity index (χ1) is 7.95. The van der Waals surface area contributed by atoms with Gasteiger partial charge in [0.15, 0.2) is 0 Å². The van der Waals surface area contributed by atoms with Crippen molar-refractivity contribution in [2.45, 2.75) is 12.6 Å². The van der Waals surface area contributed by atoms with E-state index in [4.69, 9.17) is 17.3 Å². The third kappa shape index (κ3) is 2.12. The van der Waals surface area contributed by atoms with Gasteiger partial charge in [0.05, 0.1) is 10.5 Å². The van der Waals surface area contributed by atoms with E-state index in [1.165, 1.54) is 0 Å². The zero-order chi connectivity index (χ0) is 12.6. The summed E-state index contributed by atoms with van der Waals surface area (Å²) < 4.78 is 38.5. The molecule has 0 saturated carbocycles. The van der Waals surface area contributed by atoms with Crippen molar-refractivity contribution in [3.05, 3.63) is 34.5 Å². The summed E-state index contributed by atoms with van der Waals surface area (Å²) in [4.78, 5) is 2.34. The Bertz CT molecular complexity index is 545. The first-order valence-corrected chi connectivity index (χ1v) is 5.39. The van der Waals surface area contributed by atoms with E-state index in [9.17, 15) is 13.2 Å². The first-order valence-electron chi connectivity index (χ1n) is 5.01. The van der Waals surface area contributed by atoms with Crippen molar-refractivity contribution in [3.63, 3.8) is 0 Å². The van der Waals surface area contributed by atoms with Crippen molar-refractivity contribution in [3.8, 4) is 0 Å². The minimum atomic E-state index is -4.42. The third-order valence-electron chi connectivity index (χ3n) is 2.57. The lowest BCUT2D eigenvalue weighted by Crippen LogP contribution is -2.11. The summed E-state index contributed by atoms with van der Waals surface area (Å²) in [5.41, 5.74) is 5.08. The molecule has 0 unspecified atom stereocenters. The Kier molecular flexibility index (Phi) is 3.05. The Morgan fingerprint density at radius 2 is 2.00 bits per heavy atom. The van der Waals surface area contributed by atoms with Crippen molar-refractivity contribution < 1.29 is 13.2 Å². The van der Waals surface area contributed by atoms with Gasteiger partial charge >= 0.3 is 6.18 Å². The van der Waals surface area contributed by atoms with E-state index < -0.39 is 11.9 Å². The molecule has 0 saturated heterocycles. The molecular weight excluding hydrogens is 253 g/mol. The normalized spacial score (nSPS) is 12.3. The first kappa shape index (κ1) is 12.3. The van der Waals surface area contributed by atoms with Gasteiger partial charge in [-0.25, -0.2) is 0 Å². The van der Waals surface area contributed by atoms with E-state index in [-0.39, 0.29) is 23.6 Å². The number of alkyl halides is 3. The lowest BCUT2D eigenvalue weighted by molar-refractivity contribution is -0.141. The number of H-pyrrole nitrogens is 1. The molecular formula is C11H10ClF3N2. The topological polar surface area (TPSA) is 41.8 Å². The van der Waals surface area contributed by atoms with Crippen LogP contribution in [0.25, 0.3) is 10.9 Å². The zero-order valence-corrected chi connectivity index (χ0v) is 9.49. The van der Waals surface area contributed by atoms with Crippen LogP contribution in [0.5, 0.6) is 0 Å². The third-order valence-corrected chi connectivity index (χ3v) is 2.88. The fourth-order valence-corrected chi connectivity index (χ4v) is 2.11. The van der Waals surface area contributed by atoms with Crippen LogP contribution in [-0.4, -0.2) is 11.5 Å². The van der Waals surface area contributed by atoms with Gasteiger partial charge in [0.2, 0.25) is 0 Å². The molecule has 0 atom stereocenters. The number of benzene rings is 1. The molecule has 1 aromatic heterocycles. The van der Waals surface area contributed by atoms with Gasteiger partial charge in [-0.2, -0.15) is 13.2 Å². The fourth-order valence-electron chi connectivity index (χ4n) is 1.88. The smallest absolute Gasteiger partial charge is 0.350 e. The predicted octanol–water partition coefficient (Wildman–Crippen LogP) is 3.34. The Morgan fingerprint density at radius 3 is 2.59 bits per heavy atom. The molecule has 17 heavy (non-hydrogen) atoms. The molecule has 0 bridgehead atoms. The second kappa shape index (κ2) is 4.23. The molecule has 0 amide bonds. The van der Waals surface area contributed by atoms with Crippen LogP contribution in [0.4, 0.5) is 13.2 Å². The highest BCUT2D eigenvalue weighted by molar-refractivity contribution is 6.35. The van der Waals surface area contributed by atoms with E-state index in [0.29, 0.717) is 10.9 Å². The van der Waals surface area contributed by atoms with Gasteiger partial charge in [0.1, 0.15) is 5.69 Å². The van der Waals surface area contributed by atoms with Gasteiger partial charge in [0.25, 0.3) is 0 Å². The maximum Gasteiger partial charge on any atom is 0.431 e. The average Bonchev–Trinajstić information content (AvgIpc) is 2.59. The van der Waals surface area contributed by atoms with E-state index in [1.807, 2.05) is 0 Å². The van der Waals surface area contributed by atoms with Gasteiger partial charge in [-0.3, -0.25) is 0 Å². The summed E-state index contributed by atoms with van der Waals surface area (Å²) >= 11 is 5.86. The number of rotatable bonds is 2. The molecule has 1 heterocycles. The van der Waals surface area contributed by atoms with Gasteiger partial charge in [0, 0.05) is 5.39 Å². The van der Waals surface area contributed by atoms with E-state index in [1.54, 1.807) is 18.2 Å². The van der Waals surface area contributed by atoms with Crippen LogP contribution in [0.1, 0.15) is 11.3 Å². The minimum absolute atomic E-state index is 0.155. The van der Waals surface area contributed by atoms with E-state index in [2.05, 4.69) is 4.98 Å². The molecule has 6 heteroatoms.